The van der Waals surface area contributed by atoms with Crippen LogP contribution in [0.15, 0.2) is 22.7 Å². The summed E-state index contributed by atoms with van der Waals surface area (Å²) in [6.07, 6.45) is 0.911. The van der Waals surface area contributed by atoms with Gasteiger partial charge in [-0.25, -0.2) is 4.79 Å². The fourth-order valence-electron chi connectivity index (χ4n) is 3.01. The molecule has 4 nitrogen and oxygen atoms in total. The van der Waals surface area contributed by atoms with Crippen LogP contribution in [0.2, 0.25) is 0 Å². The molecule has 0 unspecified atom stereocenters. The Labute approximate surface area is 114 Å². The number of ether oxygens (including phenoxy) is 1. The zero-order valence-corrected chi connectivity index (χ0v) is 11.4. The molecule has 1 fully saturated rings. The van der Waals surface area contributed by atoms with Crippen molar-refractivity contribution in [1.82, 2.24) is 0 Å². The quantitative estimate of drug-likeness (QED) is 0.801. The summed E-state index contributed by atoms with van der Waals surface area (Å²) in [5.74, 6) is 0. The largest absolute Gasteiger partial charge is 0.465 e. The first-order valence-corrected chi connectivity index (χ1v) is 6.80. The predicted octanol–water partition coefficient (Wildman–Crippen LogP) is 3.00. The minimum atomic E-state index is -0.877. The lowest BCUT2D eigenvalue weighted by molar-refractivity contribution is 0.0552. The molecular formula is C13H14BrNO3. The molecule has 96 valence electrons. The second-order valence-corrected chi connectivity index (χ2v) is 5.84. The van der Waals surface area contributed by atoms with Crippen molar-refractivity contribution in [3.8, 4) is 0 Å². The molecule has 1 aromatic carbocycles. The topological polar surface area (TPSA) is 49.8 Å². The van der Waals surface area contributed by atoms with E-state index in [1.807, 2.05) is 18.2 Å². The van der Waals surface area contributed by atoms with Gasteiger partial charge >= 0.3 is 6.09 Å². The van der Waals surface area contributed by atoms with E-state index in [9.17, 15) is 9.90 Å². The lowest BCUT2D eigenvalue weighted by atomic mass is 9.76. The highest BCUT2D eigenvalue weighted by atomic mass is 79.9. The SMILES string of the molecule is O=C(O)N1CC2(CCOCC2)c2ccc(Br)cc21. The van der Waals surface area contributed by atoms with E-state index >= 15 is 0 Å². The molecule has 3 rings (SSSR count). The minimum Gasteiger partial charge on any atom is -0.465 e. The molecule has 1 N–H and O–H groups in total. The third kappa shape index (κ3) is 1.73. The zero-order valence-electron chi connectivity index (χ0n) is 9.86. The van der Waals surface area contributed by atoms with Crippen LogP contribution in [0.25, 0.3) is 0 Å². The van der Waals surface area contributed by atoms with Gasteiger partial charge < -0.3 is 9.84 Å². The van der Waals surface area contributed by atoms with Crippen molar-refractivity contribution in [2.75, 3.05) is 24.7 Å². The van der Waals surface area contributed by atoms with Crippen molar-refractivity contribution in [3.63, 3.8) is 0 Å². The van der Waals surface area contributed by atoms with Crippen LogP contribution < -0.4 is 4.90 Å². The van der Waals surface area contributed by atoms with Gasteiger partial charge in [-0.05, 0) is 30.5 Å². The van der Waals surface area contributed by atoms with Crippen LogP contribution in [0.5, 0.6) is 0 Å². The Morgan fingerprint density at radius 1 is 1.39 bits per heavy atom. The number of carbonyl (C=O) groups is 1. The third-order valence-electron chi connectivity index (χ3n) is 3.96. The summed E-state index contributed by atoms with van der Waals surface area (Å²) < 4.78 is 6.33. The van der Waals surface area contributed by atoms with E-state index in [0.29, 0.717) is 19.8 Å². The summed E-state index contributed by atoms with van der Waals surface area (Å²) in [6, 6.07) is 5.93. The molecule has 0 bridgehead atoms. The highest BCUT2D eigenvalue weighted by Gasteiger charge is 2.45. The average Bonchev–Trinajstić information content (AvgIpc) is 2.65. The molecular weight excluding hydrogens is 298 g/mol. The smallest absolute Gasteiger partial charge is 0.411 e. The monoisotopic (exact) mass is 311 g/mol. The Hall–Kier alpha value is -1.07. The van der Waals surface area contributed by atoms with E-state index in [0.717, 1.165) is 28.6 Å². The number of carboxylic acid groups (broad SMARTS) is 1. The van der Waals surface area contributed by atoms with Crippen LogP contribution >= 0.6 is 15.9 Å². The normalized spacial score (nSPS) is 21.1. The Morgan fingerprint density at radius 3 is 2.78 bits per heavy atom. The van der Waals surface area contributed by atoms with Gasteiger partial charge in [-0.15, -0.1) is 0 Å². The van der Waals surface area contributed by atoms with E-state index in [1.165, 1.54) is 4.90 Å². The summed E-state index contributed by atoms with van der Waals surface area (Å²) in [5.41, 5.74) is 1.92. The predicted molar refractivity (Wildman–Crippen MR) is 71.2 cm³/mol. The maximum absolute atomic E-state index is 11.4. The molecule has 2 aliphatic heterocycles. The summed E-state index contributed by atoms with van der Waals surface area (Å²) in [5, 5.41) is 9.34. The minimum absolute atomic E-state index is 0.0489. The molecule has 5 heteroatoms. The molecule has 0 aromatic heterocycles. The summed E-state index contributed by atoms with van der Waals surface area (Å²) in [6.45, 7) is 1.98. The number of hydrogen-bond acceptors (Lipinski definition) is 2. The number of nitrogens with zero attached hydrogens (tertiary/aromatic N) is 1. The molecule has 1 amide bonds. The number of fused-ring (bicyclic) bond motifs is 2. The Bertz CT molecular complexity index is 497. The van der Waals surface area contributed by atoms with Crippen LogP contribution in [0.1, 0.15) is 18.4 Å². The van der Waals surface area contributed by atoms with Gasteiger partial charge in [0.1, 0.15) is 0 Å². The molecule has 0 aliphatic carbocycles. The van der Waals surface area contributed by atoms with E-state index in [-0.39, 0.29) is 5.41 Å². The van der Waals surface area contributed by atoms with Crippen molar-refractivity contribution in [2.24, 2.45) is 0 Å². The molecule has 2 heterocycles. The van der Waals surface area contributed by atoms with Crippen molar-refractivity contribution >= 4 is 27.7 Å². The molecule has 0 radical (unpaired) electrons. The molecule has 0 atom stereocenters. The highest BCUT2D eigenvalue weighted by molar-refractivity contribution is 9.10. The first-order chi connectivity index (χ1) is 8.62. The fourth-order valence-corrected chi connectivity index (χ4v) is 3.36. The van der Waals surface area contributed by atoms with Gasteiger partial charge in [-0.1, -0.05) is 22.0 Å². The van der Waals surface area contributed by atoms with Gasteiger partial charge in [0.05, 0.1) is 5.69 Å². The maximum atomic E-state index is 11.4. The van der Waals surface area contributed by atoms with E-state index in [2.05, 4.69) is 15.9 Å². The fraction of sp³-hybridized carbons (Fsp3) is 0.462. The van der Waals surface area contributed by atoms with Gasteiger partial charge in [-0.2, -0.15) is 0 Å². The average molecular weight is 312 g/mol. The van der Waals surface area contributed by atoms with Crippen molar-refractivity contribution < 1.29 is 14.6 Å². The standard InChI is InChI=1S/C13H14BrNO3/c14-9-1-2-10-11(7-9)15(12(16)17)8-13(10)3-5-18-6-4-13/h1-2,7H,3-6,8H2,(H,16,17). The Balaban J connectivity index is 2.10. The van der Waals surface area contributed by atoms with E-state index < -0.39 is 6.09 Å². The van der Waals surface area contributed by atoms with E-state index in [1.54, 1.807) is 0 Å². The van der Waals surface area contributed by atoms with Gasteiger partial charge in [0, 0.05) is 29.6 Å². The molecule has 1 aromatic rings. The van der Waals surface area contributed by atoms with Crippen molar-refractivity contribution in [3.05, 3.63) is 28.2 Å². The second-order valence-electron chi connectivity index (χ2n) is 4.92. The molecule has 1 spiro atoms. The number of halogens is 1. The third-order valence-corrected chi connectivity index (χ3v) is 4.46. The van der Waals surface area contributed by atoms with Crippen LogP contribution in [0.4, 0.5) is 10.5 Å². The van der Waals surface area contributed by atoms with Crippen molar-refractivity contribution in [2.45, 2.75) is 18.3 Å². The second kappa shape index (κ2) is 4.24. The number of rotatable bonds is 0. The lowest BCUT2D eigenvalue weighted by Gasteiger charge is -2.33. The highest BCUT2D eigenvalue weighted by Crippen LogP contribution is 2.47. The summed E-state index contributed by atoms with van der Waals surface area (Å²) >= 11 is 3.41. The maximum Gasteiger partial charge on any atom is 0.411 e. The van der Waals surface area contributed by atoms with Gasteiger partial charge in [0.25, 0.3) is 0 Å². The summed E-state index contributed by atoms with van der Waals surface area (Å²) in [4.78, 5) is 12.8. The molecule has 1 saturated heterocycles. The summed E-state index contributed by atoms with van der Waals surface area (Å²) in [7, 11) is 0. The zero-order chi connectivity index (χ0) is 12.8. The van der Waals surface area contributed by atoms with Crippen molar-refractivity contribution in [1.29, 1.82) is 0 Å². The number of amides is 1. The number of anilines is 1. The number of hydrogen-bond donors (Lipinski definition) is 1. The molecule has 18 heavy (non-hydrogen) atoms. The van der Waals surface area contributed by atoms with Gasteiger partial charge in [-0.3, -0.25) is 4.90 Å². The Morgan fingerprint density at radius 2 is 2.11 bits per heavy atom. The van der Waals surface area contributed by atoms with Crippen LogP contribution in [0, 0.1) is 0 Å². The van der Waals surface area contributed by atoms with Gasteiger partial charge in [0.2, 0.25) is 0 Å². The Kier molecular flexibility index (Phi) is 2.83. The van der Waals surface area contributed by atoms with E-state index in [4.69, 9.17) is 4.74 Å². The first-order valence-electron chi connectivity index (χ1n) is 6.01. The van der Waals surface area contributed by atoms with Crippen LogP contribution in [0.3, 0.4) is 0 Å². The van der Waals surface area contributed by atoms with Crippen LogP contribution in [-0.2, 0) is 10.2 Å². The lowest BCUT2D eigenvalue weighted by Crippen LogP contribution is -2.40. The van der Waals surface area contributed by atoms with Crippen LogP contribution in [-0.4, -0.2) is 31.0 Å². The molecule has 2 aliphatic rings. The number of benzene rings is 1. The van der Waals surface area contributed by atoms with Gasteiger partial charge in [0.15, 0.2) is 0 Å². The first kappa shape index (κ1) is 12.0. The molecule has 0 saturated carbocycles.